The third-order valence-electron chi connectivity index (χ3n) is 4.13. The summed E-state index contributed by atoms with van der Waals surface area (Å²) in [5.41, 5.74) is 0.906. The van der Waals surface area contributed by atoms with Crippen LogP contribution in [0, 0.1) is 0 Å². The average Bonchev–Trinajstić information content (AvgIpc) is 3.29. The topological polar surface area (TPSA) is 113 Å². The third-order valence-corrected chi connectivity index (χ3v) is 5.28. The summed E-state index contributed by atoms with van der Waals surface area (Å²) >= 11 is 1.25. The average molecular weight is 363 g/mol. The first-order valence-corrected chi connectivity index (χ1v) is 8.42. The van der Waals surface area contributed by atoms with Crippen LogP contribution in [0.4, 0.5) is 0 Å². The molecule has 0 radical (unpaired) electrons. The summed E-state index contributed by atoms with van der Waals surface area (Å²) in [5, 5.41) is 9.75. The van der Waals surface area contributed by atoms with E-state index in [1.54, 1.807) is 10.6 Å². The molecule has 0 aliphatic heterocycles. The van der Waals surface area contributed by atoms with E-state index in [1.165, 1.54) is 23.9 Å². The Morgan fingerprint density at radius 3 is 2.85 bits per heavy atom. The number of carboxylic acid groups (broad SMARTS) is 1. The van der Waals surface area contributed by atoms with Crippen LogP contribution < -0.4 is 5.43 Å². The molecule has 0 bridgehead atoms. The second-order valence-electron chi connectivity index (χ2n) is 5.62. The van der Waals surface area contributed by atoms with Gasteiger partial charge in [-0.3, -0.25) is 9.20 Å². The molecule has 0 spiro atoms. The number of nitrogens with one attached hydrogen (secondary N) is 1. The minimum atomic E-state index is -1.27. The van der Waals surface area contributed by atoms with E-state index in [-0.39, 0.29) is 10.9 Å². The highest BCUT2D eigenvalue weighted by Gasteiger charge is 2.22. The number of rotatable bonds is 2. The molecule has 1 aromatic carbocycles. The van der Waals surface area contributed by atoms with Gasteiger partial charge in [-0.05, 0) is 12.1 Å². The molecule has 8 nitrogen and oxygen atoms in total. The van der Waals surface area contributed by atoms with Crippen LogP contribution in [0.1, 0.15) is 10.4 Å². The molecule has 0 unspecified atom stereocenters. The van der Waals surface area contributed by atoms with Gasteiger partial charge in [-0.15, -0.1) is 11.3 Å². The maximum atomic E-state index is 12.8. The molecule has 2 N–H and O–H groups in total. The van der Waals surface area contributed by atoms with Crippen LogP contribution >= 0.6 is 11.3 Å². The molecule has 0 saturated carbocycles. The molecule has 0 saturated heterocycles. The Labute approximate surface area is 148 Å². The second kappa shape index (κ2) is 5.20. The number of aromatic amines is 1. The molecule has 0 amide bonds. The molecular formula is C17H9N5O3S. The number of hydrogen-bond acceptors (Lipinski definition) is 6. The van der Waals surface area contributed by atoms with Crippen LogP contribution in [-0.4, -0.2) is 35.4 Å². The fourth-order valence-electron chi connectivity index (χ4n) is 2.99. The summed E-state index contributed by atoms with van der Waals surface area (Å²) < 4.78 is 2.57. The summed E-state index contributed by atoms with van der Waals surface area (Å²) in [4.78, 5) is 40.5. The van der Waals surface area contributed by atoms with Gasteiger partial charge in [0.25, 0.3) is 0 Å². The van der Waals surface area contributed by atoms with Crippen molar-refractivity contribution in [2.75, 3.05) is 0 Å². The van der Waals surface area contributed by atoms with E-state index in [0.29, 0.717) is 22.0 Å². The number of H-pyrrole nitrogens is 1. The maximum absolute atomic E-state index is 12.8. The van der Waals surface area contributed by atoms with Gasteiger partial charge in [-0.2, -0.15) is 0 Å². The van der Waals surface area contributed by atoms with Crippen molar-refractivity contribution in [1.29, 1.82) is 0 Å². The quantitative estimate of drug-likeness (QED) is 0.498. The Morgan fingerprint density at radius 1 is 1.23 bits per heavy atom. The molecule has 0 atom stereocenters. The molecule has 5 aromatic rings. The van der Waals surface area contributed by atoms with Gasteiger partial charge in [0.15, 0.2) is 11.5 Å². The number of carbonyl (C=O) groups is 1. The van der Waals surface area contributed by atoms with Gasteiger partial charge < -0.3 is 10.1 Å². The maximum Gasteiger partial charge on any atom is 0.342 e. The highest BCUT2D eigenvalue weighted by molar-refractivity contribution is 7.24. The predicted octanol–water partition coefficient (Wildman–Crippen LogP) is 2.55. The normalized spacial score (nSPS) is 11.5. The van der Waals surface area contributed by atoms with Crippen LogP contribution in [-0.2, 0) is 0 Å². The standard InChI is InChI=1S/C17H9N5O3S/c23-13-8-5-19-14(9-6-18-7-20-9)21-15(8)22-10-3-1-2-4-11(10)26-16(22)12(13)17(24)25/h1-7H,(H,18,20)(H,24,25). The van der Waals surface area contributed by atoms with Crippen molar-refractivity contribution in [2.24, 2.45) is 0 Å². The molecule has 0 fully saturated rings. The highest BCUT2D eigenvalue weighted by Crippen LogP contribution is 2.30. The summed E-state index contributed by atoms with van der Waals surface area (Å²) in [5.74, 6) is -0.889. The van der Waals surface area contributed by atoms with E-state index >= 15 is 0 Å². The van der Waals surface area contributed by atoms with Crippen LogP contribution in [0.25, 0.3) is 37.6 Å². The van der Waals surface area contributed by atoms with E-state index in [1.807, 2.05) is 24.3 Å². The zero-order valence-electron chi connectivity index (χ0n) is 13.0. The lowest BCUT2D eigenvalue weighted by Gasteiger charge is -2.06. The van der Waals surface area contributed by atoms with Crippen molar-refractivity contribution in [1.82, 2.24) is 24.3 Å². The minimum Gasteiger partial charge on any atom is -0.477 e. The van der Waals surface area contributed by atoms with Gasteiger partial charge in [0, 0.05) is 6.20 Å². The monoisotopic (exact) mass is 363 g/mol. The Morgan fingerprint density at radius 2 is 2.08 bits per heavy atom. The van der Waals surface area contributed by atoms with E-state index < -0.39 is 11.4 Å². The molecule has 0 aliphatic carbocycles. The van der Waals surface area contributed by atoms with E-state index in [4.69, 9.17) is 0 Å². The number of fused-ring (bicyclic) bond motifs is 5. The van der Waals surface area contributed by atoms with Crippen molar-refractivity contribution < 1.29 is 9.90 Å². The largest absolute Gasteiger partial charge is 0.477 e. The SMILES string of the molecule is O=C(O)c1c(=O)c2cnc(-c3cnc[nH]3)nc2n2c1sc1ccccc12. The molecule has 0 aliphatic rings. The fraction of sp³-hybridized carbons (Fsp3) is 0. The molecule has 26 heavy (non-hydrogen) atoms. The minimum absolute atomic E-state index is 0.159. The third kappa shape index (κ3) is 1.91. The first kappa shape index (κ1) is 14.7. The summed E-state index contributed by atoms with van der Waals surface area (Å²) in [6.45, 7) is 0. The lowest BCUT2D eigenvalue weighted by atomic mass is 10.2. The lowest BCUT2D eigenvalue weighted by molar-refractivity contribution is 0.0698. The fourth-order valence-corrected chi connectivity index (χ4v) is 4.17. The van der Waals surface area contributed by atoms with Gasteiger partial charge in [-0.25, -0.2) is 19.7 Å². The van der Waals surface area contributed by atoms with Crippen LogP contribution in [0.3, 0.4) is 0 Å². The zero-order chi connectivity index (χ0) is 17.8. The number of benzene rings is 1. The molecule has 126 valence electrons. The van der Waals surface area contributed by atoms with Crippen LogP contribution in [0.5, 0.6) is 0 Å². The summed E-state index contributed by atoms with van der Waals surface area (Å²) in [6.07, 6.45) is 4.46. The number of nitrogens with zero attached hydrogens (tertiary/aromatic N) is 4. The first-order chi connectivity index (χ1) is 12.6. The molecule has 4 heterocycles. The Hall–Kier alpha value is -3.59. The second-order valence-corrected chi connectivity index (χ2v) is 6.65. The number of aromatic carboxylic acids is 1. The predicted molar refractivity (Wildman–Crippen MR) is 96.7 cm³/mol. The number of aromatic nitrogens is 5. The number of imidazole rings is 1. The molecular weight excluding hydrogens is 354 g/mol. The molecule has 9 heteroatoms. The van der Waals surface area contributed by atoms with Crippen LogP contribution in [0.2, 0.25) is 0 Å². The molecule has 4 aromatic heterocycles. The van der Waals surface area contributed by atoms with Crippen LogP contribution in [0.15, 0.2) is 47.8 Å². The lowest BCUT2D eigenvalue weighted by Crippen LogP contribution is -2.18. The Balaban J connectivity index is 2.05. The van der Waals surface area contributed by atoms with E-state index in [9.17, 15) is 14.7 Å². The number of pyridine rings is 1. The van der Waals surface area contributed by atoms with Crippen molar-refractivity contribution in [3.05, 3.63) is 58.8 Å². The van der Waals surface area contributed by atoms with Crippen molar-refractivity contribution >= 4 is 43.4 Å². The van der Waals surface area contributed by atoms with E-state index in [2.05, 4.69) is 19.9 Å². The van der Waals surface area contributed by atoms with Gasteiger partial charge in [0.2, 0.25) is 5.43 Å². The van der Waals surface area contributed by atoms with Gasteiger partial charge >= 0.3 is 5.97 Å². The van der Waals surface area contributed by atoms with Gasteiger partial charge in [0.1, 0.15) is 16.1 Å². The Bertz CT molecular complexity index is 1380. The van der Waals surface area contributed by atoms with Crippen molar-refractivity contribution in [3.63, 3.8) is 0 Å². The smallest absolute Gasteiger partial charge is 0.342 e. The van der Waals surface area contributed by atoms with E-state index in [0.717, 1.165) is 10.2 Å². The number of thiazole rings is 1. The number of para-hydroxylation sites is 1. The first-order valence-electron chi connectivity index (χ1n) is 7.60. The highest BCUT2D eigenvalue weighted by atomic mass is 32.1. The van der Waals surface area contributed by atoms with Gasteiger partial charge in [0.05, 0.1) is 28.1 Å². The van der Waals surface area contributed by atoms with Gasteiger partial charge in [-0.1, -0.05) is 12.1 Å². The van der Waals surface area contributed by atoms with Crippen molar-refractivity contribution in [3.8, 4) is 11.5 Å². The number of carboxylic acids is 1. The summed E-state index contributed by atoms with van der Waals surface area (Å²) in [7, 11) is 0. The van der Waals surface area contributed by atoms with Crippen molar-refractivity contribution in [2.45, 2.75) is 0 Å². The Kier molecular flexibility index (Phi) is 2.95. The molecule has 5 rings (SSSR count). The summed E-state index contributed by atoms with van der Waals surface area (Å²) in [6, 6.07) is 7.47. The zero-order valence-corrected chi connectivity index (χ0v) is 13.8. The number of hydrogen-bond donors (Lipinski definition) is 2.